The van der Waals surface area contributed by atoms with Crippen molar-refractivity contribution in [2.75, 3.05) is 21.3 Å². The molecule has 0 spiro atoms. The molecule has 8 heteroatoms. The Labute approximate surface area is 247 Å². The van der Waals surface area contributed by atoms with Crippen LogP contribution < -0.4 is 14.2 Å². The molecular formula is C34H40N2O6. The third kappa shape index (κ3) is 7.11. The number of carboxylic acid groups (broad SMARTS) is 1. The van der Waals surface area contributed by atoms with Crippen LogP contribution in [0.25, 0.3) is 5.57 Å². The molecule has 42 heavy (non-hydrogen) atoms. The van der Waals surface area contributed by atoms with Crippen LogP contribution in [0.2, 0.25) is 0 Å². The second-order valence-electron chi connectivity index (χ2n) is 11.5. The summed E-state index contributed by atoms with van der Waals surface area (Å²) in [4.78, 5) is 31.0. The summed E-state index contributed by atoms with van der Waals surface area (Å²) in [6, 6.07) is 17.7. The number of carboxylic acids is 1. The first kappa shape index (κ1) is 30.6. The molecule has 0 radical (unpaired) electrons. The maximum absolute atomic E-state index is 13.1. The zero-order valence-electron chi connectivity index (χ0n) is 25.3. The van der Waals surface area contributed by atoms with Crippen molar-refractivity contribution in [3.63, 3.8) is 0 Å². The minimum absolute atomic E-state index is 0.00174. The van der Waals surface area contributed by atoms with Crippen LogP contribution in [0.5, 0.6) is 17.4 Å². The molecule has 0 aliphatic carbocycles. The number of likely N-dealkylation sites (tertiary alicyclic amines) is 1. The topological polar surface area (TPSA) is 98.2 Å². The Balaban J connectivity index is 1.76. The van der Waals surface area contributed by atoms with E-state index in [2.05, 4.69) is 51.1 Å². The van der Waals surface area contributed by atoms with Gasteiger partial charge in [-0.1, -0.05) is 57.2 Å². The van der Waals surface area contributed by atoms with Crippen LogP contribution >= 0.6 is 0 Å². The number of nitrogens with zero attached hydrogens (tertiary/aromatic N) is 2. The minimum atomic E-state index is -0.875. The summed E-state index contributed by atoms with van der Waals surface area (Å²) >= 11 is 0. The molecule has 3 aromatic rings. The Morgan fingerprint density at radius 1 is 1.00 bits per heavy atom. The number of rotatable bonds is 11. The molecule has 1 amide bonds. The van der Waals surface area contributed by atoms with Gasteiger partial charge in [0.25, 0.3) is 0 Å². The number of ether oxygens (including phenoxy) is 3. The molecule has 0 unspecified atom stereocenters. The van der Waals surface area contributed by atoms with Gasteiger partial charge in [-0.3, -0.25) is 9.59 Å². The fourth-order valence-electron chi connectivity index (χ4n) is 5.20. The molecule has 1 aromatic heterocycles. The van der Waals surface area contributed by atoms with E-state index in [0.29, 0.717) is 48.9 Å². The molecule has 1 N–H and O–H groups in total. The lowest BCUT2D eigenvalue weighted by molar-refractivity contribution is -0.137. The Kier molecular flexibility index (Phi) is 9.55. The molecule has 2 heterocycles. The van der Waals surface area contributed by atoms with Crippen LogP contribution in [-0.2, 0) is 28.0 Å². The van der Waals surface area contributed by atoms with Gasteiger partial charge in [-0.05, 0) is 47.6 Å². The van der Waals surface area contributed by atoms with E-state index in [1.54, 1.807) is 14.2 Å². The van der Waals surface area contributed by atoms with Crippen LogP contribution in [0.1, 0.15) is 68.0 Å². The third-order valence-electron chi connectivity index (χ3n) is 7.65. The van der Waals surface area contributed by atoms with Crippen LogP contribution in [0.4, 0.5) is 0 Å². The first-order chi connectivity index (χ1) is 20.0. The van der Waals surface area contributed by atoms with Crippen molar-refractivity contribution in [3.8, 4) is 17.4 Å². The molecule has 4 rings (SSSR count). The second kappa shape index (κ2) is 13.1. The number of pyridine rings is 1. The van der Waals surface area contributed by atoms with Crippen molar-refractivity contribution in [2.24, 2.45) is 0 Å². The van der Waals surface area contributed by atoms with Gasteiger partial charge in [0.15, 0.2) is 0 Å². The van der Waals surface area contributed by atoms with E-state index in [1.165, 1.54) is 12.7 Å². The Morgan fingerprint density at radius 3 is 2.33 bits per heavy atom. The highest BCUT2D eigenvalue weighted by atomic mass is 16.5. The highest BCUT2D eigenvalue weighted by Crippen LogP contribution is 2.34. The van der Waals surface area contributed by atoms with E-state index in [0.717, 1.165) is 22.3 Å². The lowest BCUT2D eigenvalue weighted by atomic mass is 9.86. The Morgan fingerprint density at radius 2 is 1.71 bits per heavy atom. The first-order valence-electron chi connectivity index (χ1n) is 14.1. The number of benzene rings is 2. The molecule has 1 atom stereocenters. The van der Waals surface area contributed by atoms with Gasteiger partial charge in [0.1, 0.15) is 11.5 Å². The van der Waals surface area contributed by atoms with E-state index in [9.17, 15) is 9.59 Å². The van der Waals surface area contributed by atoms with Crippen molar-refractivity contribution in [3.05, 3.63) is 88.6 Å². The Hall–Kier alpha value is -4.33. The number of aromatic nitrogens is 1. The van der Waals surface area contributed by atoms with E-state index in [1.807, 2.05) is 35.2 Å². The average molecular weight is 573 g/mol. The smallest absolute Gasteiger partial charge is 0.303 e. The molecule has 0 saturated carbocycles. The van der Waals surface area contributed by atoms with Crippen LogP contribution in [0, 0.1) is 0 Å². The highest BCUT2D eigenvalue weighted by Gasteiger charge is 2.31. The highest BCUT2D eigenvalue weighted by molar-refractivity contribution is 5.83. The van der Waals surface area contributed by atoms with E-state index < -0.39 is 5.97 Å². The summed E-state index contributed by atoms with van der Waals surface area (Å²) in [6.07, 6.45) is 3.54. The summed E-state index contributed by atoms with van der Waals surface area (Å²) in [5.74, 6) is 0.949. The zero-order chi connectivity index (χ0) is 30.4. The second-order valence-corrected chi connectivity index (χ2v) is 11.5. The molecular weight excluding hydrogens is 532 g/mol. The van der Waals surface area contributed by atoms with E-state index in [4.69, 9.17) is 24.3 Å². The molecule has 1 aliphatic heterocycles. The minimum Gasteiger partial charge on any atom is -0.497 e. The third-order valence-corrected chi connectivity index (χ3v) is 7.65. The van der Waals surface area contributed by atoms with Gasteiger partial charge in [0.2, 0.25) is 11.8 Å². The number of aliphatic carboxylic acids is 1. The summed E-state index contributed by atoms with van der Waals surface area (Å²) in [5, 5.41) is 9.16. The number of carbonyl (C=O) groups excluding carboxylic acids is 1. The van der Waals surface area contributed by atoms with Gasteiger partial charge in [0.05, 0.1) is 33.1 Å². The van der Waals surface area contributed by atoms with Crippen molar-refractivity contribution >= 4 is 17.4 Å². The number of amides is 1. The normalized spacial score (nSPS) is 15.6. The van der Waals surface area contributed by atoms with Gasteiger partial charge in [-0.25, -0.2) is 4.98 Å². The van der Waals surface area contributed by atoms with Crippen molar-refractivity contribution < 1.29 is 28.9 Å². The lowest BCUT2D eigenvalue weighted by Crippen LogP contribution is -2.31. The number of aryl methyl sites for hydroxylation is 1. The maximum atomic E-state index is 13.1. The predicted octanol–water partition coefficient (Wildman–Crippen LogP) is 6.05. The summed E-state index contributed by atoms with van der Waals surface area (Å²) in [5.41, 5.74) is 5.38. The molecule has 222 valence electrons. The first-order valence-corrected chi connectivity index (χ1v) is 14.1. The van der Waals surface area contributed by atoms with Crippen LogP contribution in [0.3, 0.4) is 0 Å². The van der Waals surface area contributed by atoms with Crippen molar-refractivity contribution in [1.82, 2.24) is 9.88 Å². The molecule has 8 nitrogen and oxygen atoms in total. The number of methoxy groups -OCH3 is 3. The Bertz CT molecular complexity index is 1460. The van der Waals surface area contributed by atoms with Crippen LogP contribution in [-0.4, -0.2) is 54.2 Å². The SMILES string of the molecule is COc1ccc(CN2C(=O)CC[C@@H]2C=C(c2ccc(C(C)(C)C)cc2)c2ccc(CCC(=O)O)c(OC)n2)c(OC)c1. The predicted molar refractivity (Wildman–Crippen MR) is 162 cm³/mol. The largest absolute Gasteiger partial charge is 0.497 e. The fraction of sp³-hybridized carbons (Fsp3) is 0.382. The molecule has 1 aliphatic rings. The van der Waals surface area contributed by atoms with Gasteiger partial charge in [-0.15, -0.1) is 0 Å². The monoisotopic (exact) mass is 572 g/mol. The number of hydrogen-bond acceptors (Lipinski definition) is 6. The number of hydrogen-bond donors (Lipinski definition) is 1. The lowest BCUT2D eigenvalue weighted by Gasteiger charge is -2.25. The molecule has 1 saturated heterocycles. The van der Waals surface area contributed by atoms with Gasteiger partial charge in [-0.2, -0.15) is 0 Å². The molecule has 0 bridgehead atoms. The van der Waals surface area contributed by atoms with Gasteiger partial charge < -0.3 is 24.2 Å². The summed E-state index contributed by atoms with van der Waals surface area (Å²) in [6.45, 7) is 6.93. The number of carbonyl (C=O) groups is 2. The summed E-state index contributed by atoms with van der Waals surface area (Å²) < 4.78 is 16.5. The average Bonchev–Trinajstić information content (AvgIpc) is 3.32. The summed E-state index contributed by atoms with van der Waals surface area (Å²) in [7, 11) is 4.76. The fourth-order valence-corrected chi connectivity index (χ4v) is 5.20. The molecule has 1 fully saturated rings. The standard InChI is InChI=1S/C34H40N2O6/c1-34(2,3)25-12-7-22(8-13-25)28(29-16-10-23(11-18-32(38)39)33(35-29)42-6)19-26-14-17-31(37)36(26)21-24-9-15-27(40-4)20-30(24)41-5/h7-10,12-13,15-16,19-20,26H,11,14,17-18,21H2,1-6H3,(H,38,39)/t26-/m1/s1. The van der Waals surface area contributed by atoms with E-state index >= 15 is 0 Å². The molecule has 2 aromatic carbocycles. The van der Waals surface area contributed by atoms with E-state index in [-0.39, 0.29) is 23.8 Å². The van der Waals surface area contributed by atoms with Crippen molar-refractivity contribution in [1.29, 1.82) is 0 Å². The quantitative estimate of drug-likeness (QED) is 0.299. The van der Waals surface area contributed by atoms with Crippen molar-refractivity contribution in [2.45, 2.75) is 64.5 Å². The van der Waals surface area contributed by atoms with Gasteiger partial charge >= 0.3 is 5.97 Å². The maximum Gasteiger partial charge on any atom is 0.303 e. The zero-order valence-corrected chi connectivity index (χ0v) is 25.3. The van der Waals surface area contributed by atoms with Gasteiger partial charge in [0, 0.05) is 42.2 Å². The van der Waals surface area contributed by atoms with Crippen LogP contribution in [0.15, 0.2) is 60.7 Å².